The van der Waals surface area contributed by atoms with Gasteiger partial charge in [0.15, 0.2) is 11.7 Å². The van der Waals surface area contributed by atoms with Crippen molar-refractivity contribution in [1.82, 2.24) is 15.6 Å². The average Bonchev–Trinajstić information content (AvgIpc) is 3.28. The number of nitrogens with zero attached hydrogens (tertiary/aromatic N) is 3. The molecule has 2 amide bonds. The predicted molar refractivity (Wildman–Crippen MR) is 129 cm³/mol. The molecule has 10 heteroatoms. The Morgan fingerprint density at radius 3 is 2.45 bits per heavy atom. The minimum absolute atomic E-state index is 0.0556. The second kappa shape index (κ2) is 12.5. The van der Waals surface area contributed by atoms with Gasteiger partial charge in [-0.1, -0.05) is 20.3 Å². The number of anilines is 1. The lowest BCUT2D eigenvalue weighted by Crippen LogP contribution is -2.33. The van der Waals surface area contributed by atoms with E-state index >= 15 is 0 Å². The SMILES string of the molecule is CCC(C)C(NC(=O)c1ccc(N(C)C)cc1)c1nc(C(=O)NCCCCN=C(N)N)co1. The van der Waals surface area contributed by atoms with Gasteiger partial charge in [-0.05, 0) is 43.0 Å². The maximum Gasteiger partial charge on any atom is 0.273 e. The Bertz CT molecular complexity index is 934. The molecule has 0 spiro atoms. The Hall–Kier alpha value is -3.56. The molecule has 0 saturated carbocycles. The number of aromatic nitrogens is 1. The molecule has 2 atom stereocenters. The van der Waals surface area contributed by atoms with Crippen LogP contribution in [-0.2, 0) is 0 Å². The summed E-state index contributed by atoms with van der Waals surface area (Å²) in [6.45, 7) is 5.01. The summed E-state index contributed by atoms with van der Waals surface area (Å²) in [6.07, 6.45) is 3.59. The van der Waals surface area contributed by atoms with Crippen LogP contribution in [0, 0.1) is 5.92 Å². The normalized spacial score (nSPS) is 12.5. The lowest BCUT2D eigenvalue weighted by molar-refractivity contribution is 0.0912. The molecule has 1 aromatic carbocycles. The predicted octanol–water partition coefficient (Wildman–Crippen LogP) is 2.04. The van der Waals surface area contributed by atoms with Gasteiger partial charge < -0.3 is 31.4 Å². The number of carbonyl (C=O) groups is 2. The molecule has 6 N–H and O–H groups in total. The van der Waals surface area contributed by atoms with Crippen LogP contribution in [0.5, 0.6) is 0 Å². The van der Waals surface area contributed by atoms with Crippen molar-refractivity contribution in [3.8, 4) is 0 Å². The highest BCUT2D eigenvalue weighted by atomic mass is 16.3. The highest BCUT2D eigenvalue weighted by Crippen LogP contribution is 2.25. The number of hydrogen-bond acceptors (Lipinski definition) is 6. The van der Waals surface area contributed by atoms with Crippen LogP contribution >= 0.6 is 0 Å². The Labute approximate surface area is 194 Å². The van der Waals surface area contributed by atoms with Crippen molar-refractivity contribution < 1.29 is 14.0 Å². The third-order valence-corrected chi connectivity index (χ3v) is 5.33. The zero-order valence-electron chi connectivity index (χ0n) is 19.8. The number of carbonyl (C=O) groups excluding carboxylic acids is 2. The highest BCUT2D eigenvalue weighted by molar-refractivity contribution is 5.95. The highest BCUT2D eigenvalue weighted by Gasteiger charge is 2.26. The molecule has 1 heterocycles. The van der Waals surface area contributed by atoms with Crippen LogP contribution in [0.4, 0.5) is 5.69 Å². The van der Waals surface area contributed by atoms with Gasteiger partial charge in [0.2, 0.25) is 5.89 Å². The lowest BCUT2D eigenvalue weighted by Gasteiger charge is -2.21. The smallest absolute Gasteiger partial charge is 0.273 e. The summed E-state index contributed by atoms with van der Waals surface area (Å²) in [4.78, 5) is 35.5. The largest absolute Gasteiger partial charge is 0.446 e. The Kier molecular flexibility index (Phi) is 9.71. The number of oxazole rings is 1. The van der Waals surface area contributed by atoms with Gasteiger partial charge in [-0.15, -0.1) is 0 Å². The number of aliphatic imine (C=N–C) groups is 1. The molecule has 1 aromatic heterocycles. The van der Waals surface area contributed by atoms with E-state index in [-0.39, 0.29) is 29.4 Å². The van der Waals surface area contributed by atoms with Gasteiger partial charge in [0, 0.05) is 38.4 Å². The summed E-state index contributed by atoms with van der Waals surface area (Å²) in [7, 11) is 3.88. The number of unbranched alkanes of at least 4 members (excludes halogenated alkanes) is 1. The van der Waals surface area contributed by atoms with Gasteiger partial charge in [-0.25, -0.2) is 4.98 Å². The molecule has 10 nitrogen and oxygen atoms in total. The van der Waals surface area contributed by atoms with Crippen LogP contribution in [0.2, 0.25) is 0 Å². The minimum Gasteiger partial charge on any atom is -0.446 e. The van der Waals surface area contributed by atoms with Crippen LogP contribution in [0.15, 0.2) is 39.9 Å². The van der Waals surface area contributed by atoms with Crippen molar-refractivity contribution in [2.45, 2.75) is 39.2 Å². The minimum atomic E-state index is -0.461. The van der Waals surface area contributed by atoms with E-state index in [9.17, 15) is 9.59 Å². The van der Waals surface area contributed by atoms with E-state index in [0.717, 1.165) is 24.9 Å². The van der Waals surface area contributed by atoms with Gasteiger partial charge >= 0.3 is 0 Å². The van der Waals surface area contributed by atoms with Crippen LogP contribution in [0.3, 0.4) is 0 Å². The molecule has 0 aliphatic carbocycles. The maximum atomic E-state index is 12.8. The average molecular weight is 458 g/mol. The molecule has 0 aliphatic rings. The first-order valence-corrected chi connectivity index (χ1v) is 11.1. The van der Waals surface area contributed by atoms with Gasteiger partial charge in [0.05, 0.1) is 0 Å². The van der Waals surface area contributed by atoms with E-state index in [2.05, 4.69) is 20.6 Å². The van der Waals surface area contributed by atoms with Crippen molar-refractivity contribution in [2.75, 3.05) is 32.1 Å². The summed E-state index contributed by atoms with van der Waals surface area (Å²) >= 11 is 0. The van der Waals surface area contributed by atoms with Crippen LogP contribution in [-0.4, -0.2) is 49.9 Å². The molecule has 0 fully saturated rings. The fourth-order valence-electron chi connectivity index (χ4n) is 3.09. The van der Waals surface area contributed by atoms with Crippen molar-refractivity contribution in [2.24, 2.45) is 22.4 Å². The molecule has 180 valence electrons. The van der Waals surface area contributed by atoms with Gasteiger partial charge in [0.1, 0.15) is 12.3 Å². The molecule has 0 radical (unpaired) electrons. The quantitative estimate of drug-likeness (QED) is 0.216. The fraction of sp³-hybridized carbons (Fsp3) is 0.478. The monoisotopic (exact) mass is 457 g/mol. The Morgan fingerprint density at radius 1 is 1.15 bits per heavy atom. The Morgan fingerprint density at radius 2 is 1.85 bits per heavy atom. The van der Waals surface area contributed by atoms with E-state index in [1.54, 1.807) is 12.1 Å². The topological polar surface area (TPSA) is 152 Å². The molecular weight excluding hydrogens is 422 g/mol. The number of amides is 2. The number of nitrogens with two attached hydrogens (primary N) is 2. The molecule has 0 saturated heterocycles. The molecule has 33 heavy (non-hydrogen) atoms. The number of guanidine groups is 1. The summed E-state index contributed by atoms with van der Waals surface area (Å²) < 4.78 is 5.59. The zero-order valence-corrected chi connectivity index (χ0v) is 19.8. The zero-order chi connectivity index (χ0) is 24.4. The third-order valence-electron chi connectivity index (χ3n) is 5.33. The molecule has 2 unspecified atom stereocenters. The number of nitrogens with one attached hydrogen (secondary N) is 2. The maximum absolute atomic E-state index is 12.8. The van der Waals surface area contributed by atoms with E-state index < -0.39 is 6.04 Å². The van der Waals surface area contributed by atoms with E-state index in [4.69, 9.17) is 15.9 Å². The summed E-state index contributed by atoms with van der Waals surface area (Å²) in [5.74, 6) is -0.140. The second-order valence-corrected chi connectivity index (χ2v) is 8.12. The van der Waals surface area contributed by atoms with Crippen LogP contribution in [0.25, 0.3) is 0 Å². The van der Waals surface area contributed by atoms with E-state index in [1.807, 2.05) is 45.0 Å². The number of rotatable bonds is 12. The second-order valence-electron chi connectivity index (χ2n) is 8.12. The van der Waals surface area contributed by atoms with Crippen molar-refractivity contribution in [3.63, 3.8) is 0 Å². The lowest BCUT2D eigenvalue weighted by atomic mass is 9.98. The number of hydrogen-bond donors (Lipinski definition) is 4. The first-order valence-electron chi connectivity index (χ1n) is 11.1. The van der Waals surface area contributed by atoms with Crippen molar-refractivity contribution in [1.29, 1.82) is 0 Å². The first kappa shape index (κ1) is 25.7. The summed E-state index contributed by atoms with van der Waals surface area (Å²) in [5, 5.41) is 5.80. The third kappa shape index (κ3) is 7.81. The van der Waals surface area contributed by atoms with Gasteiger partial charge in [-0.3, -0.25) is 14.6 Å². The molecule has 0 bridgehead atoms. The summed E-state index contributed by atoms with van der Waals surface area (Å²) in [5.41, 5.74) is 12.3. The molecular formula is C23H35N7O3. The number of benzene rings is 1. The van der Waals surface area contributed by atoms with E-state index in [1.165, 1.54) is 6.26 Å². The van der Waals surface area contributed by atoms with Crippen molar-refractivity contribution in [3.05, 3.63) is 47.7 Å². The molecule has 2 rings (SSSR count). The van der Waals surface area contributed by atoms with Crippen LogP contribution < -0.4 is 27.0 Å². The standard InChI is InChI=1S/C23H35N7O3/c1-5-15(2)19(29-20(31)16-8-10-17(11-9-16)30(3)4)22-28-18(14-33-22)21(32)26-12-6-7-13-27-23(24)25/h8-11,14-15,19H,5-7,12-13H2,1-4H3,(H,26,32)(H,29,31)(H4,24,25,27). The molecule has 2 aromatic rings. The first-order chi connectivity index (χ1) is 15.7. The van der Waals surface area contributed by atoms with Gasteiger partial charge in [0.25, 0.3) is 11.8 Å². The fourth-order valence-corrected chi connectivity index (χ4v) is 3.09. The van der Waals surface area contributed by atoms with Gasteiger partial charge in [-0.2, -0.15) is 0 Å². The van der Waals surface area contributed by atoms with E-state index in [0.29, 0.717) is 24.5 Å². The van der Waals surface area contributed by atoms with Crippen molar-refractivity contribution >= 4 is 23.5 Å². The molecule has 0 aliphatic heterocycles. The Balaban J connectivity index is 2.00. The van der Waals surface area contributed by atoms with Crippen LogP contribution in [0.1, 0.15) is 65.9 Å². The summed E-state index contributed by atoms with van der Waals surface area (Å²) in [6, 6.07) is 6.87.